The first-order valence-corrected chi connectivity index (χ1v) is 12.1. The van der Waals surface area contributed by atoms with Gasteiger partial charge in [0.15, 0.2) is 0 Å². The number of rotatable bonds is 6. The molecule has 1 aliphatic carbocycles. The molecule has 1 fully saturated rings. The first kappa shape index (κ1) is 21.3. The third-order valence-corrected chi connectivity index (χ3v) is 7.77. The van der Waals surface area contributed by atoms with E-state index in [1.54, 1.807) is 37.4 Å². The van der Waals surface area contributed by atoms with Crippen LogP contribution in [0.25, 0.3) is 0 Å². The summed E-state index contributed by atoms with van der Waals surface area (Å²) in [7, 11) is -0.691. The van der Waals surface area contributed by atoms with E-state index in [1.165, 1.54) is 20.0 Å². The van der Waals surface area contributed by atoms with Crippen LogP contribution in [-0.2, 0) is 22.9 Å². The fourth-order valence-electron chi connectivity index (χ4n) is 4.62. The summed E-state index contributed by atoms with van der Waals surface area (Å²) < 4.78 is 40.2. The van der Waals surface area contributed by atoms with Crippen LogP contribution in [0.4, 0.5) is 5.69 Å². The molecule has 0 aromatic heterocycles. The van der Waals surface area contributed by atoms with E-state index in [0.717, 1.165) is 42.8 Å². The van der Waals surface area contributed by atoms with Crippen molar-refractivity contribution in [1.29, 1.82) is 0 Å². The van der Waals surface area contributed by atoms with Gasteiger partial charge in [0, 0.05) is 16.6 Å². The Hall–Kier alpha value is -1.96. The van der Waals surface area contributed by atoms with Crippen molar-refractivity contribution in [2.75, 3.05) is 32.0 Å². The molecule has 0 radical (unpaired) electrons. The van der Waals surface area contributed by atoms with Gasteiger partial charge < -0.3 is 14.4 Å². The number of hydrogen-bond acceptors (Lipinski definition) is 5. The van der Waals surface area contributed by atoms with Crippen molar-refractivity contribution < 1.29 is 17.9 Å². The fraction of sp³-hybridized carbons (Fsp3) is 0.455. The molecule has 2 aromatic rings. The Morgan fingerprint density at radius 3 is 2.43 bits per heavy atom. The van der Waals surface area contributed by atoms with Crippen LogP contribution in [0.2, 0.25) is 5.02 Å². The minimum absolute atomic E-state index is 0.292. The van der Waals surface area contributed by atoms with Crippen LogP contribution < -0.4 is 14.2 Å². The molecule has 0 saturated carbocycles. The summed E-state index contributed by atoms with van der Waals surface area (Å²) in [4.78, 5) is 2.82. The third-order valence-electron chi connectivity index (χ3n) is 6.08. The van der Waals surface area contributed by atoms with E-state index in [4.69, 9.17) is 21.1 Å². The van der Waals surface area contributed by atoms with Gasteiger partial charge in [-0.25, -0.2) is 8.42 Å². The van der Waals surface area contributed by atoms with Gasteiger partial charge in [-0.3, -0.25) is 4.72 Å². The molecule has 0 bridgehead atoms. The van der Waals surface area contributed by atoms with Crippen LogP contribution in [0.15, 0.2) is 35.2 Å². The number of fused-ring (bicyclic) bond motifs is 1. The summed E-state index contributed by atoms with van der Waals surface area (Å²) in [5.41, 5.74) is 2.17. The molecule has 2 aromatic carbocycles. The minimum Gasteiger partial charge on any atom is -0.496 e. The zero-order chi connectivity index (χ0) is 21.3. The molecule has 8 heteroatoms. The zero-order valence-corrected chi connectivity index (χ0v) is 18.9. The minimum atomic E-state index is -3.82. The number of methoxy groups -OCH3 is 2. The maximum atomic E-state index is 13.3. The molecule has 2 aliphatic rings. The van der Waals surface area contributed by atoms with Crippen molar-refractivity contribution >= 4 is 27.3 Å². The molecule has 0 amide bonds. The molecule has 0 unspecified atom stereocenters. The highest BCUT2D eigenvalue weighted by molar-refractivity contribution is 7.92. The molecule has 1 atom stereocenters. The number of halogens is 1. The van der Waals surface area contributed by atoms with E-state index < -0.39 is 10.0 Å². The lowest BCUT2D eigenvalue weighted by atomic mass is 9.87. The molecular formula is C22H27ClN2O4S. The van der Waals surface area contributed by atoms with Crippen molar-refractivity contribution in [3.05, 3.63) is 46.5 Å². The van der Waals surface area contributed by atoms with E-state index in [1.807, 2.05) is 0 Å². The SMILES string of the molecule is COc1ccc(Cl)cc1NS(=O)(=O)c1ccc(OC)c2c1CC[C@H](N1CCCC1)C2. The standard InChI is InChI=1S/C22H27ClN2O4S/c1-28-20-9-10-22(17-7-6-16(14-18(17)20)25-11-3-4-12-25)30(26,27)24-19-13-15(23)5-8-21(19)29-2/h5,8-10,13,16,24H,3-4,6-7,11-12,14H2,1-2H3/t16-/m0/s1. The summed E-state index contributed by atoms with van der Waals surface area (Å²) in [6, 6.07) is 8.68. The summed E-state index contributed by atoms with van der Waals surface area (Å²) in [6.07, 6.45) is 4.93. The second kappa shape index (κ2) is 8.65. The lowest BCUT2D eigenvalue weighted by molar-refractivity contribution is 0.219. The van der Waals surface area contributed by atoms with E-state index in [2.05, 4.69) is 9.62 Å². The van der Waals surface area contributed by atoms with Crippen LogP contribution in [0.5, 0.6) is 11.5 Å². The summed E-state index contributed by atoms with van der Waals surface area (Å²) in [5, 5.41) is 0.429. The van der Waals surface area contributed by atoms with Gasteiger partial charge in [0.1, 0.15) is 11.5 Å². The first-order valence-electron chi connectivity index (χ1n) is 10.2. The van der Waals surface area contributed by atoms with Gasteiger partial charge in [0.2, 0.25) is 0 Å². The lowest BCUT2D eigenvalue weighted by Gasteiger charge is -2.33. The van der Waals surface area contributed by atoms with Crippen LogP contribution in [0, 0.1) is 0 Å². The van der Waals surface area contributed by atoms with Crippen molar-refractivity contribution in [1.82, 2.24) is 4.90 Å². The number of hydrogen-bond donors (Lipinski definition) is 1. The van der Waals surface area contributed by atoms with Crippen LogP contribution >= 0.6 is 11.6 Å². The quantitative estimate of drug-likeness (QED) is 0.717. The van der Waals surface area contributed by atoms with Gasteiger partial charge in [-0.05, 0) is 81.1 Å². The van der Waals surface area contributed by atoms with Crippen LogP contribution in [0.3, 0.4) is 0 Å². The number of likely N-dealkylation sites (tertiary alicyclic amines) is 1. The van der Waals surface area contributed by atoms with Crippen molar-refractivity contribution in [2.24, 2.45) is 0 Å². The Balaban J connectivity index is 1.70. The topological polar surface area (TPSA) is 67.9 Å². The van der Waals surface area contributed by atoms with Gasteiger partial charge in [-0.15, -0.1) is 0 Å². The molecule has 1 N–H and O–H groups in total. The summed E-state index contributed by atoms with van der Waals surface area (Å²) >= 11 is 6.07. The van der Waals surface area contributed by atoms with E-state index >= 15 is 0 Å². The summed E-state index contributed by atoms with van der Waals surface area (Å²) in [5.74, 6) is 1.17. The number of nitrogens with one attached hydrogen (secondary N) is 1. The Morgan fingerprint density at radius 2 is 1.73 bits per heavy atom. The highest BCUT2D eigenvalue weighted by Crippen LogP contribution is 2.38. The largest absolute Gasteiger partial charge is 0.496 e. The highest BCUT2D eigenvalue weighted by Gasteiger charge is 2.32. The fourth-order valence-corrected chi connectivity index (χ4v) is 6.15. The first-order chi connectivity index (χ1) is 14.4. The number of ether oxygens (including phenoxy) is 2. The smallest absolute Gasteiger partial charge is 0.262 e. The Labute approximate surface area is 183 Å². The van der Waals surface area contributed by atoms with Gasteiger partial charge in [-0.2, -0.15) is 0 Å². The summed E-state index contributed by atoms with van der Waals surface area (Å²) in [6.45, 7) is 2.24. The lowest BCUT2D eigenvalue weighted by Crippen LogP contribution is -2.37. The Morgan fingerprint density at radius 1 is 1.03 bits per heavy atom. The van der Waals surface area contributed by atoms with Crippen molar-refractivity contribution in [3.63, 3.8) is 0 Å². The molecule has 1 saturated heterocycles. The molecular weight excluding hydrogens is 424 g/mol. The molecule has 162 valence electrons. The number of nitrogens with zero attached hydrogens (tertiary/aromatic N) is 1. The van der Waals surface area contributed by atoms with Crippen molar-refractivity contribution in [2.45, 2.75) is 43.0 Å². The van der Waals surface area contributed by atoms with Crippen LogP contribution in [0.1, 0.15) is 30.4 Å². The van der Waals surface area contributed by atoms with Gasteiger partial charge in [0.25, 0.3) is 10.0 Å². The van der Waals surface area contributed by atoms with Gasteiger partial charge >= 0.3 is 0 Å². The van der Waals surface area contributed by atoms with E-state index in [9.17, 15) is 8.42 Å². The molecule has 0 spiro atoms. The monoisotopic (exact) mass is 450 g/mol. The number of sulfonamides is 1. The third kappa shape index (κ3) is 4.11. The van der Waals surface area contributed by atoms with E-state index in [-0.39, 0.29) is 0 Å². The van der Waals surface area contributed by atoms with E-state index in [0.29, 0.717) is 33.8 Å². The maximum absolute atomic E-state index is 13.3. The molecule has 1 aliphatic heterocycles. The van der Waals surface area contributed by atoms with Crippen LogP contribution in [-0.4, -0.2) is 46.7 Å². The highest BCUT2D eigenvalue weighted by atomic mass is 35.5. The number of benzene rings is 2. The van der Waals surface area contributed by atoms with Gasteiger partial charge in [-0.1, -0.05) is 11.6 Å². The maximum Gasteiger partial charge on any atom is 0.262 e. The van der Waals surface area contributed by atoms with Gasteiger partial charge in [0.05, 0.1) is 24.8 Å². The normalized spacial score (nSPS) is 19.4. The second-order valence-electron chi connectivity index (χ2n) is 7.81. The molecule has 30 heavy (non-hydrogen) atoms. The molecule has 6 nitrogen and oxygen atoms in total. The average Bonchev–Trinajstić information content (AvgIpc) is 3.27. The predicted octanol–water partition coefficient (Wildman–Crippen LogP) is 4.11. The zero-order valence-electron chi connectivity index (χ0n) is 17.3. The average molecular weight is 451 g/mol. The second-order valence-corrected chi connectivity index (χ2v) is 9.90. The molecule has 4 rings (SSSR count). The number of anilines is 1. The Bertz CT molecular complexity index is 1040. The Kier molecular flexibility index (Phi) is 6.14. The molecule has 1 heterocycles. The predicted molar refractivity (Wildman–Crippen MR) is 118 cm³/mol. The van der Waals surface area contributed by atoms with Crippen molar-refractivity contribution in [3.8, 4) is 11.5 Å².